The van der Waals surface area contributed by atoms with Crippen LogP contribution in [0.1, 0.15) is 223 Å². The molecule has 17 unspecified atom stereocenters. The molecule has 5 aromatic carbocycles. The fourth-order valence-electron chi connectivity index (χ4n) is 22.8. The molecule has 11 heteroatoms. The molecular formula is C84H84O11. The first-order valence-corrected chi connectivity index (χ1v) is 35.7. The van der Waals surface area contributed by atoms with E-state index in [0.29, 0.717) is 58.9 Å². The molecule has 19 rings (SSSR count). The number of ether oxygens (including phenoxy) is 4. The van der Waals surface area contributed by atoms with E-state index in [0.717, 1.165) is 51.4 Å². The van der Waals surface area contributed by atoms with Gasteiger partial charge in [0, 0.05) is 71.2 Å². The van der Waals surface area contributed by atoms with Gasteiger partial charge in [-0.15, -0.1) is 0 Å². The maximum Gasteiger partial charge on any atom is 0.340 e. The largest absolute Gasteiger partial charge is 0.481 e. The molecule has 95 heavy (non-hydrogen) atoms. The van der Waals surface area contributed by atoms with Crippen LogP contribution in [0.25, 0.3) is 23.1 Å². The van der Waals surface area contributed by atoms with Crippen molar-refractivity contribution in [3.63, 3.8) is 0 Å². The first-order chi connectivity index (χ1) is 46.5. The summed E-state index contributed by atoms with van der Waals surface area (Å²) in [5.41, 5.74) is 13.5. The van der Waals surface area contributed by atoms with Crippen LogP contribution in [0.5, 0.6) is 5.75 Å². The lowest BCUT2D eigenvalue weighted by Gasteiger charge is -2.55. The maximum absolute atomic E-state index is 16.6. The Bertz CT molecular complexity index is 4470. The topological polar surface area (TPSA) is 162 Å². The van der Waals surface area contributed by atoms with Crippen molar-refractivity contribution in [3.8, 4) is 17.6 Å². The number of esters is 2. The Labute approximate surface area is 555 Å². The van der Waals surface area contributed by atoms with Crippen LogP contribution in [0, 0.1) is 47.3 Å². The number of aliphatic hydroxyl groups excluding tert-OH is 3. The quantitative estimate of drug-likeness (QED) is 0.0437. The molecule has 7 bridgehead atoms. The summed E-state index contributed by atoms with van der Waals surface area (Å²) in [6, 6.07) is 33.5. The molecule has 9 aliphatic carbocycles. The van der Waals surface area contributed by atoms with E-state index in [2.05, 4.69) is 127 Å². The molecule has 486 valence electrons. The van der Waals surface area contributed by atoms with Crippen molar-refractivity contribution in [3.05, 3.63) is 215 Å². The Morgan fingerprint density at radius 3 is 2.44 bits per heavy atom. The van der Waals surface area contributed by atoms with Gasteiger partial charge in [-0.2, -0.15) is 0 Å². The molecule has 2 saturated carbocycles. The molecular weight excluding hydrogens is 1180 g/mol. The molecule has 13 aliphatic rings. The molecule has 4 aliphatic heterocycles. The fourth-order valence-corrected chi connectivity index (χ4v) is 22.8. The number of aliphatic hydroxyl groups is 3. The summed E-state index contributed by atoms with van der Waals surface area (Å²) in [4.78, 5) is 47.9. The Hall–Kier alpha value is -7.59. The summed E-state index contributed by atoms with van der Waals surface area (Å²) >= 11 is 0. The number of fused-ring (bicyclic) bond motifs is 14. The minimum Gasteiger partial charge on any atom is -0.481 e. The van der Waals surface area contributed by atoms with Crippen molar-refractivity contribution in [2.45, 2.75) is 180 Å². The van der Waals surface area contributed by atoms with Crippen LogP contribution in [-0.2, 0) is 47.7 Å². The standard InChI is InChI=1S/C84H84O11/c1-46(43-86)63-39-50-19-20-52-40-65-60-25-22-47-10-3-5-15-57(47)64(60)42-70(65)83-34-9-12-49-31-35-82(69-29-27-59(50)73(52)75(49)69)36-32-51(58-16-8-18-68-61(58)26-24-55-14-7-13-54-23-21-48-11-4-6-17-67(48)84(54,55)68)38-56(82)41-72(88)92-78(79(83)94-80(63)89)76-71(95-83)30-28-62-66(44-87)74(81(90)93-77(62)76)53(33-37-85)45-91-2/h3-6,8,10-11,15-18,21-23,25,27-30,32,36,49-56,60,64-65,70,78-79,85-87H,7,13-14,19-20,24,26,31,33-35,37-45H2,1-2H3. The smallest absolute Gasteiger partial charge is 0.340 e. The van der Waals surface area contributed by atoms with Crippen LogP contribution in [-0.4, -0.2) is 65.9 Å². The summed E-state index contributed by atoms with van der Waals surface area (Å²) in [6.45, 7) is 0.744. The van der Waals surface area contributed by atoms with E-state index in [4.69, 9.17) is 23.4 Å². The number of rotatable bonds is 8. The molecule has 0 radical (unpaired) electrons. The second-order valence-electron chi connectivity index (χ2n) is 30.5. The molecule has 11 nitrogen and oxygen atoms in total. The van der Waals surface area contributed by atoms with E-state index in [1.54, 1.807) is 0 Å². The van der Waals surface area contributed by atoms with Crippen LogP contribution in [0.2, 0.25) is 0 Å². The molecule has 5 heterocycles. The second kappa shape index (κ2) is 22.8. The average Bonchev–Trinajstić information content (AvgIpc) is 1.58. The summed E-state index contributed by atoms with van der Waals surface area (Å²) < 4.78 is 35.2. The van der Waals surface area contributed by atoms with Gasteiger partial charge in [-0.25, -0.2) is 9.59 Å². The number of hydrogen-bond acceptors (Lipinski definition) is 11. The molecule has 3 spiro atoms. The summed E-state index contributed by atoms with van der Waals surface area (Å²) in [6.07, 6.45) is 23.9. The normalized spacial score (nSPS) is 34.5. The van der Waals surface area contributed by atoms with Crippen LogP contribution >= 0.6 is 0 Å². The third-order valence-electron chi connectivity index (χ3n) is 26.7. The van der Waals surface area contributed by atoms with Crippen molar-refractivity contribution in [2.24, 2.45) is 35.5 Å². The predicted molar refractivity (Wildman–Crippen MR) is 363 cm³/mol. The first kappa shape index (κ1) is 59.9. The van der Waals surface area contributed by atoms with Gasteiger partial charge in [-0.05, 0) is 222 Å². The van der Waals surface area contributed by atoms with Gasteiger partial charge in [0.05, 0.1) is 31.8 Å². The van der Waals surface area contributed by atoms with Gasteiger partial charge in [0.2, 0.25) is 0 Å². The number of carbonyl (C=O) groups is 2. The van der Waals surface area contributed by atoms with Crippen molar-refractivity contribution >= 4 is 35.1 Å². The molecule has 1 aromatic heterocycles. The summed E-state index contributed by atoms with van der Waals surface area (Å²) in [5, 5.41) is 33.5. The van der Waals surface area contributed by atoms with Crippen LogP contribution in [0.15, 0.2) is 136 Å². The first-order valence-electron chi connectivity index (χ1n) is 35.7. The Morgan fingerprint density at radius 2 is 1.58 bits per heavy atom. The highest BCUT2D eigenvalue weighted by Crippen LogP contribution is 2.67. The van der Waals surface area contributed by atoms with Gasteiger partial charge in [0.15, 0.2) is 17.8 Å². The van der Waals surface area contributed by atoms with Gasteiger partial charge in [-0.3, -0.25) is 4.79 Å². The summed E-state index contributed by atoms with van der Waals surface area (Å²) in [7, 11) is 1.53. The Morgan fingerprint density at radius 1 is 0.747 bits per heavy atom. The zero-order valence-electron chi connectivity index (χ0n) is 54.5. The molecule has 17 atom stereocenters. The molecule has 0 amide bonds. The molecule has 3 N–H and O–H groups in total. The molecule has 1 saturated heterocycles. The van der Waals surface area contributed by atoms with Crippen LogP contribution in [0.4, 0.5) is 0 Å². The average molecular weight is 1270 g/mol. The lowest BCUT2D eigenvalue weighted by atomic mass is 9.48. The fraction of sp³-hybridized carbons (Fsp3) is 0.464. The van der Waals surface area contributed by atoms with Gasteiger partial charge >= 0.3 is 17.6 Å². The minimum atomic E-state index is -1.46. The number of hydrogen-bond donors (Lipinski definition) is 3. The summed E-state index contributed by atoms with van der Waals surface area (Å²) in [5.74, 6) is 6.90. The van der Waals surface area contributed by atoms with Crippen molar-refractivity contribution in [1.82, 2.24) is 0 Å². The highest BCUT2D eigenvalue weighted by atomic mass is 16.6. The SMILES string of the molecule is COCC(CCO)c1c(CO)c2ccc3c(c2oc1=O)C1OC(=O)CC2CC(c4cccc5c4CCC4CCCC6C=Cc7ccccc7C564)C=CC24CCC2C#CCC5(O3)C3CC6c7ccccc7C=CC6C3CC3CCC(CC(=C(C)CO)C(=O)OC15)c1ccc4c2c13. The maximum atomic E-state index is 16.6. The van der Waals surface area contributed by atoms with E-state index < -0.39 is 53.3 Å². The van der Waals surface area contributed by atoms with E-state index >= 15 is 14.4 Å². The van der Waals surface area contributed by atoms with Gasteiger partial charge in [0.25, 0.3) is 0 Å². The van der Waals surface area contributed by atoms with Gasteiger partial charge in [-0.1, -0.05) is 134 Å². The van der Waals surface area contributed by atoms with Crippen molar-refractivity contribution in [1.29, 1.82) is 0 Å². The zero-order chi connectivity index (χ0) is 64.2. The Balaban J connectivity index is 0.892. The van der Waals surface area contributed by atoms with Crippen molar-refractivity contribution < 1.29 is 48.3 Å². The van der Waals surface area contributed by atoms with E-state index in [9.17, 15) is 15.3 Å². The van der Waals surface area contributed by atoms with Crippen LogP contribution in [0.3, 0.4) is 0 Å². The van der Waals surface area contributed by atoms with Gasteiger partial charge in [0.1, 0.15) is 11.3 Å². The number of carbonyl (C=O) groups excluding carboxylic acids is 2. The number of allylic oxidation sites excluding steroid dienone is 4. The number of benzene rings is 5. The lowest BCUT2D eigenvalue weighted by molar-refractivity contribution is -0.205. The third-order valence-corrected chi connectivity index (χ3v) is 26.7. The van der Waals surface area contributed by atoms with E-state index in [1.807, 2.05) is 19.1 Å². The minimum absolute atomic E-state index is 0.0109. The highest BCUT2D eigenvalue weighted by molar-refractivity contribution is 5.91. The zero-order valence-corrected chi connectivity index (χ0v) is 54.5. The van der Waals surface area contributed by atoms with E-state index in [1.165, 1.54) is 81.1 Å². The lowest BCUT2D eigenvalue weighted by Crippen LogP contribution is -2.61. The van der Waals surface area contributed by atoms with E-state index in [-0.39, 0.29) is 114 Å². The van der Waals surface area contributed by atoms with Gasteiger partial charge < -0.3 is 38.7 Å². The third kappa shape index (κ3) is 8.67. The second-order valence-corrected chi connectivity index (χ2v) is 30.5. The molecule has 3 fully saturated rings. The predicted octanol–water partition coefficient (Wildman–Crippen LogP) is 14.8. The Kier molecular flexibility index (Phi) is 14.3. The van der Waals surface area contributed by atoms with Crippen LogP contribution < -0.4 is 10.4 Å². The monoisotopic (exact) mass is 1270 g/mol. The van der Waals surface area contributed by atoms with Crippen molar-refractivity contribution in [2.75, 3.05) is 26.9 Å². The molecule has 6 aromatic rings. The number of methoxy groups -OCH3 is 1. The highest BCUT2D eigenvalue weighted by Gasteiger charge is 2.65.